The SMILES string of the molecule is COc1ccc(CNC2=NCC3CC(c4ccc(F)cc4)c4ccccc4C3=N2)cc1OC. The molecule has 2 unspecified atom stereocenters. The molecule has 5 nitrogen and oxygen atoms in total. The van der Waals surface area contributed by atoms with Gasteiger partial charge < -0.3 is 14.8 Å². The molecule has 6 heteroatoms. The minimum absolute atomic E-state index is 0.210. The largest absolute Gasteiger partial charge is 0.493 e. The van der Waals surface area contributed by atoms with Crippen LogP contribution in [0.2, 0.25) is 0 Å². The first-order valence-corrected chi connectivity index (χ1v) is 11.1. The molecule has 0 saturated carbocycles. The molecule has 0 amide bonds. The van der Waals surface area contributed by atoms with E-state index in [0.717, 1.165) is 28.8 Å². The molecular formula is C27H26FN3O2. The van der Waals surface area contributed by atoms with Gasteiger partial charge >= 0.3 is 0 Å². The first-order chi connectivity index (χ1) is 16.2. The summed E-state index contributed by atoms with van der Waals surface area (Å²) in [6, 6.07) is 21.1. The number of fused-ring (bicyclic) bond motifs is 3. The third-order valence-corrected chi connectivity index (χ3v) is 6.38. The number of halogens is 1. The maximum Gasteiger partial charge on any atom is 0.218 e. The van der Waals surface area contributed by atoms with Crippen molar-refractivity contribution in [2.75, 3.05) is 20.8 Å². The van der Waals surface area contributed by atoms with Gasteiger partial charge in [-0.05, 0) is 47.4 Å². The topological polar surface area (TPSA) is 55.2 Å². The lowest BCUT2D eigenvalue weighted by Gasteiger charge is -2.34. The standard InChI is InChI=1S/C27H26FN3O2/c1-32-24-12-7-17(13-25(24)33-2)15-29-27-30-16-19-14-23(18-8-10-20(28)11-9-18)21-5-3-4-6-22(21)26(19)31-27/h3-13,19,23H,14-16H2,1-2H3,(H,29,30). The molecule has 0 spiro atoms. The molecule has 0 bridgehead atoms. The third-order valence-electron chi connectivity index (χ3n) is 6.38. The molecule has 33 heavy (non-hydrogen) atoms. The summed E-state index contributed by atoms with van der Waals surface area (Å²) in [6.07, 6.45) is 0.911. The van der Waals surface area contributed by atoms with Gasteiger partial charge in [-0.15, -0.1) is 0 Å². The smallest absolute Gasteiger partial charge is 0.218 e. The Balaban J connectivity index is 1.38. The van der Waals surface area contributed by atoms with Crippen LogP contribution in [0.3, 0.4) is 0 Å². The lowest BCUT2D eigenvalue weighted by molar-refractivity contribution is 0.354. The van der Waals surface area contributed by atoms with Crippen molar-refractivity contribution in [1.29, 1.82) is 0 Å². The fourth-order valence-electron chi connectivity index (χ4n) is 4.71. The Morgan fingerprint density at radius 2 is 1.76 bits per heavy atom. The van der Waals surface area contributed by atoms with Gasteiger partial charge in [0, 0.05) is 23.9 Å². The molecule has 0 fully saturated rings. The van der Waals surface area contributed by atoms with Crippen LogP contribution in [0.1, 0.15) is 34.6 Å². The molecule has 0 aromatic heterocycles. The van der Waals surface area contributed by atoms with Gasteiger partial charge in [-0.3, -0.25) is 4.99 Å². The summed E-state index contributed by atoms with van der Waals surface area (Å²) in [4.78, 5) is 9.64. The molecule has 0 radical (unpaired) electrons. The average Bonchev–Trinajstić information content (AvgIpc) is 2.87. The fourth-order valence-corrected chi connectivity index (χ4v) is 4.71. The zero-order chi connectivity index (χ0) is 22.8. The van der Waals surface area contributed by atoms with Crippen LogP contribution >= 0.6 is 0 Å². The van der Waals surface area contributed by atoms with E-state index in [4.69, 9.17) is 19.5 Å². The van der Waals surface area contributed by atoms with Gasteiger partial charge in [0.05, 0.1) is 26.5 Å². The van der Waals surface area contributed by atoms with Gasteiger partial charge in [0.15, 0.2) is 11.5 Å². The second-order valence-corrected chi connectivity index (χ2v) is 8.33. The second kappa shape index (κ2) is 9.06. The highest BCUT2D eigenvalue weighted by atomic mass is 19.1. The predicted molar refractivity (Wildman–Crippen MR) is 128 cm³/mol. The van der Waals surface area contributed by atoms with Gasteiger partial charge in [0.2, 0.25) is 5.96 Å². The molecule has 2 aliphatic rings. The van der Waals surface area contributed by atoms with Crippen LogP contribution in [-0.4, -0.2) is 32.4 Å². The molecule has 3 aromatic rings. The molecule has 5 rings (SSSR count). The van der Waals surface area contributed by atoms with Crippen molar-refractivity contribution < 1.29 is 13.9 Å². The highest BCUT2D eigenvalue weighted by Crippen LogP contribution is 2.40. The van der Waals surface area contributed by atoms with Crippen LogP contribution in [0.25, 0.3) is 0 Å². The van der Waals surface area contributed by atoms with Crippen molar-refractivity contribution in [3.63, 3.8) is 0 Å². The number of methoxy groups -OCH3 is 2. The maximum atomic E-state index is 13.5. The van der Waals surface area contributed by atoms with E-state index < -0.39 is 0 Å². The number of guanidine groups is 1. The highest BCUT2D eigenvalue weighted by Gasteiger charge is 2.34. The summed E-state index contributed by atoms with van der Waals surface area (Å²) in [7, 11) is 3.26. The Kier molecular flexibility index (Phi) is 5.82. The van der Waals surface area contributed by atoms with E-state index in [9.17, 15) is 4.39 Å². The van der Waals surface area contributed by atoms with E-state index in [1.54, 1.807) is 14.2 Å². The third kappa shape index (κ3) is 4.21. The van der Waals surface area contributed by atoms with Gasteiger partial charge in [-0.1, -0.05) is 42.5 Å². The van der Waals surface area contributed by atoms with Crippen LogP contribution in [-0.2, 0) is 6.54 Å². The molecule has 3 aromatic carbocycles. The summed E-state index contributed by atoms with van der Waals surface area (Å²) in [5, 5.41) is 3.36. The number of benzene rings is 3. The quantitative estimate of drug-likeness (QED) is 0.608. The van der Waals surface area contributed by atoms with Crippen molar-refractivity contribution in [2.24, 2.45) is 15.9 Å². The molecule has 1 aliphatic carbocycles. The molecular weight excluding hydrogens is 417 g/mol. The fraction of sp³-hybridized carbons (Fsp3) is 0.259. The Bertz CT molecular complexity index is 1220. The Labute approximate surface area is 193 Å². The van der Waals surface area contributed by atoms with Crippen LogP contribution < -0.4 is 14.8 Å². The number of aliphatic imine (C=N–C) groups is 2. The Morgan fingerprint density at radius 1 is 0.970 bits per heavy atom. The van der Waals surface area contributed by atoms with Gasteiger partial charge in [-0.25, -0.2) is 9.38 Å². The van der Waals surface area contributed by atoms with E-state index in [0.29, 0.717) is 30.5 Å². The predicted octanol–water partition coefficient (Wildman–Crippen LogP) is 4.94. The molecule has 1 heterocycles. The first-order valence-electron chi connectivity index (χ1n) is 11.1. The molecule has 1 aliphatic heterocycles. The normalized spacial score (nSPS) is 19.0. The average molecular weight is 444 g/mol. The zero-order valence-corrected chi connectivity index (χ0v) is 18.7. The molecule has 168 valence electrons. The Hall–Kier alpha value is -3.67. The first kappa shape index (κ1) is 21.2. The zero-order valence-electron chi connectivity index (χ0n) is 18.7. The van der Waals surface area contributed by atoms with Crippen LogP contribution in [0.5, 0.6) is 11.5 Å². The van der Waals surface area contributed by atoms with Crippen LogP contribution in [0, 0.1) is 11.7 Å². The van der Waals surface area contributed by atoms with Crippen molar-refractivity contribution in [3.05, 3.63) is 94.8 Å². The van der Waals surface area contributed by atoms with E-state index in [1.807, 2.05) is 36.4 Å². The minimum Gasteiger partial charge on any atom is -0.493 e. The number of rotatable bonds is 5. The second-order valence-electron chi connectivity index (χ2n) is 8.33. The van der Waals surface area contributed by atoms with Crippen LogP contribution in [0.15, 0.2) is 76.7 Å². The minimum atomic E-state index is -0.211. The summed E-state index contributed by atoms with van der Waals surface area (Å²) >= 11 is 0. The maximum absolute atomic E-state index is 13.5. The molecule has 1 N–H and O–H groups in total. The number of hydrogen-bond acceptors (Lipinski definition) is 5. The lowest BCUT2D eigenvalue weighted by Crippen LogP contribution is -2.35. The van der Waals surface area contributed by atoms with Crippen molar-refractivity contribution in [3.8, 4) is 11.5 Å². The van der Waals surface area contributed by atoms with E-state index >= 15 is 0 Å². The van der Waals surface area contributed by atoms with E-state index in [-0.39, 0.29) is 17.7 Å². The monoisotopic (exact) mass is 443 g/mol. The summed E-state index contributed by atoms with van der Waals surface area (Å²) in [5.41, 5.74) is 5.65. The van der Waals surface area contributed by atoms with Crippen molar-refractivity contribution in [2.45, 2.75) is 18.9 Å². The number of nitrogens with one attached hydrogen (secondary N) is 1. The molecule has 2 atom stereocenters. The summed E-state index contributed by atoms with van der Waals surface area (Å²) < 4.78 is 24.2. The summed E-state index contributed by atoms with van der Waals surface area (Å²) in [6.45, 7) is 1.26. The Morgan fingerprint density at radius 3 is 2.55 bits per heavy atom. The van der Waals surface area contributed by atoms with Crippen molar-refractivity contribution in [1.82, 2.24) is 5.32 Å². The van der Waals surface area contributed by atoms with E-state index in [2.05, 4.69) is 23.5 Å². The van der Waals surface area contributed by atoms with Gasteiger partial charge in [0.1, 0.15) is 5.82 Å². The number of hydrogen-bond donors (Lipinski definition) is 1. The van der Waals surface area contributed by atoms with Gasteiger partial charge in [0.25, 0.3) is 0 Å². The molecule has 0 saturated heterocycles. The number of nitrogens with zero attached hydrogens (tertiary/aromatic N) is 2. The lowest BCUT2D eigenvalue weighted by atomic mass is 9.72. The highest BCUT2D eigenvalue weighted by molar-refractivity contribution is 6.11. The van der Waals surface area contributed by atoms with Crippen molar-refractivity contribution >= 4 is 11.7 Å². The van der Waals surface area contributed by atoms with E-state index in [1.165, 1.54) is 17.7 Å². The van der Waals surface area contributed by atoms with Crippen LogP contribution in [0.4, 0.5) is 4.39 Å². The summed E-state index contributed by atoms with van der Waals surface area (Å²) in [5.74, 6) is 2.28. The van der Waals surface area contributed by atoms with Gasteiger partial charge in [-0.2, -0.15) is 0 Å². The number of ether oxygens (including phenoxy) is 2.